The Morgan fingerprint density at radius 2 is 1.66 bits per heavy atom. The molecular weight excluding hydrogens is 657 g/mol. The van der Waals surface area contributed by atoms with Crippen LogP contribution in [0.4, 0.5) is 0 Å². The molecule has 0 aromatic heterocycles. The molecule has 0 fully saturated rings. The Morgan fingerprint density at radius 3 is 2.32 bits per heavy atom. The van der Waals surface area contributed by atoms with Gasteiger partial charge in [-0.15, -0.1) is 0 Å². The Bertz CT molecular complexity index is 1330. The summed E-state index contributed by atoms with van der Waals surface area (Å²) in [6, 6.07) is 0. The van der Waals surface area contributed by atoms with Gasteiger partial charge in [-0.1, -0.05) is 115 Å². The van der Waals surface area contributed by atoms with Crippen LogP contribution in [0.25, 0.3) is 0 Å². The first-order chi connectivity index (χ1) is 23.1. The van der Waals surface area contributed by atoms with Gasteiger partial charge in [0.25, 0.3) is 0 Å². The standard InChI is InChI=1S/C42H68O6Si2/c1-31-25-26-44-35(28-31)23-24-39(48-50(12,13)42(7,8)9)38-21-15-20-37(47-49(10,11)41(4,5)6)30-33(3)27-32(2)29-36-19-14-17-34(45-36)18-16-22-40(43)46-38/h14-15,17,20,23-25,32,34-39H,3,18-19,21,26-30H2,1-2,4-13H3/b20-15+,24-23+/t32-,34-,35+,36-,37+,38-,39-/m0/s1. The lowest BCUT2D eigenvalue weighted by Crippen LogP contribution is -2.47. The molecule has 50 heavy (non-hydrogen) atoms. The molecule has 0 aromatic carbocycles. The largest absolute Gasteiger partial charge is 0.449 e. The second kappa shape index (κ2) is 18.2. The van der Waals surface area contributed by atoms with Gasteiger partial charge in [-0.25, -0.2) is 4.79 Å². The van der Waals surface area contributed by atoms with Crippen molar-refractivity contribution in [1.29, 1.82) is 0 Å². The average Bonchev–Trinajstić information content (AvgIpc) is 2.97. The Kier molecular flexibility index (Phi) is 15.4. The summed E-state index contributed by atoms with van der Waals surface area (Å²) < 4.78 is 32.7. The topological polar surface area (TPSA) is 63.2 Å². The highest BCUT2D eigenvalue weighted by atomic mass is 28.4. The van der Waals surface area contributed by atoms with Crippen LogP contribution in [0, 0.1) is 17.8 Å². The van der Waals surface area contributed by atoms with E-state index >= 15 is 0 Å². The van der Waals surface area contributed by atoms with Crippen LogP contribution in [0.3, 0.4) is 0 Å². The van der Waals surface area contributed by atoms with E-state index in [4.69, 9.17) is 23.1 Å². The smallest absolute Gasteiger partial charge is 0.384 e. The summed E-state index contributed by atoms with van der Waals surface area (Å²) in [7, 11) is -4.39. The van der Waals surface area contributed by atoms with Crippen molar-refractivity contribution in [1.82, 2.24) is 0 Å². The van der Waals surface area contributed by atoms with Gasteiger partial charge >= 0.3 is 5.97 Å². The third-order valence-electron chi connectivity index (χ3n) is 11.0. The molecule has 0 saturated carbocycles. The van der Waals surface area contributed by atoms with Gasteiger partial charge < -0.3 is 23.1 Å². The van der Waals surface area contributed by atoms with Crippen molar-refractivity contribution in [3.8, 4) is 11.8 Å². The molecule has 0 unspecified atom stereocenters. The van der Waals surface area contributed by atoms with Crippen LogP contribution >= 0.6 is 0 Å². The lowest BCUT2D eigenvalue weighted by atomic mass is 9.91. The SMILES string of the molecule is C=C1C[C@H](C)C[C@@H]2CC=C[C@@H](CC#CC(=O)O[C@H]([C@H](/C=C/[C@@H]3CC(C)=CCO3)O[Si](C)(C)C(C)(C)C)C/C=C/[C@@H](O[Si](C)(C)C(C)(C)C)C1)O2. The van der Waals surface area contributed by atoms with Gasteiger partial charge in [-0.2, -0.15) is 0 Å². The van der Waals surface area contributed by atoms with Crippen molar-refractivity contribution in [3.63, 3.8) is 0 Å². The summed E-state index contributed by atoms with van der Waals surface area (Å²) in [6.07, 6.45) is 18.7. The number of hydrogen-bond acceptors (Lipinski definition) is 6. The number of ether oxygens (including phenoxy) is 3. The Hall–Kier alpha value is -2.00. The number of esters is 1. The maximum atomic E-state index is 13.4. The van der Waals surface area contributed by atoms with Gasteiger partial charge in [0.05, 0.1) is 31.0 Å². The molecule has 3 aliphatic rings. The average molecular weight is 725 g/mol. The molecular formula is C42H68O6Si2. The quantitative estimate of drug-likeness (QED) is 0.0856. The zero-order chi connectivity index (χ0) is 37.3. The zero-order valence-corrected chi connectivity index (χ0v) is 35.4. The Morgan fingerprint density at radius 1 is 0.980 bits per heavy atom. The van der Waals surface area contributed by atoms with Crippen molar-refractivity contribution in [2.45, 2.75) is 173 Å². The summed E-state index contributed by atoms with van der Waals surface area (Å²) in [4.78, 5) is 13.4. The number of carbonyl (C=O) groups excluding carboxylic acids is 1. The molecule has 280 valence electrons. The van der Waals surface area contributed by atoms with Crippen LogP contribution in [0.15, 0.2) is 60.3 Å². The molecule has 0 amide bonds. The number of carbonyl (C=O) groups is 1. The van der Waals surface area contributed by atoms with Crippen LogP contribution in [0.1, 0.15) is 100 Å². The van der Waals surface area contributed by atoms with E-state index in [0.717, 1.165) is 32.1 Å². The second-order valence-corrected chi connectivity index (χ2v) is 27.4. The summed E-state index contributed by atoms with van der Waals surface area (Å²) in [5.74, 6) is 5.70. The summed E-state index contributed by atoms with van der Waals surface area (Å²) >= 11 is 0. The third-order valence-corrected chi connectivity index (χ3v) is 20.0. The molecule has 7 atom stereocenters. The second-order valence-electron chi connectivity index (χ2n) is 17.8. The Labute approximate surface area is 307 Å². The maximum Gasteiger partial charge on any atom is 0.384 e. The van der Waals surface area contributed by atoms with E-state index < -0.39 is 34.8 Å². The highest BCUT2D eigenvalue weighted by Gasteiger charge is 2.41. The predicted molar refractivity (Wildman–Crippen MR) is 212 cm³/mol. The highest BCUT2D eigenvalue weighted by Crippen LogP contribution is 2.40. The highest BCUT2D eigenvalue weighted by molar-refractivity contribution is 6.74. The van der Waals surface area contributed by atoms with E-state index in [0.29, 0.717) is 25.4 Å². The van der Waals surface area contributed by atoms with E-state index in [9.17, 15) is 4.79 Å². The number of hydrogen-bond donors (Lipinski definition) is 0. The van der Waals surface area contributed by atoms with Gasteiger partial charge in [0.1, 0.15) is 12.2 Å². The first-order valence-corrected chi connectivity index (χ1v) is 24.6. The van der Waals surface area contributed by atoms with Crippen LogP contribution in [-0.4, -0.2) is 65.8 Å². The monoisotopic (exact) mass is 724 g/mol. The number of cyclic esters (lactones) is 1. The summed E-state index contributed by atoms with van der Waals surface area (Å²) in [5, 5.41) is 0.0160. The minimum atomic E-state index is -2.29. The Balaban J connectivity index is 2.03. The normalized spacial score (nSPS) is 29.6. The summed E-state index contributed by atoms with van der Waals surface area (Å²) in [6.45, 7) is 32.1. The lowest BCUT2D eigenvalue weighted by molar-refractivity contribution is -0.145. The minimum Gasteiger partial charge on any atom is -0.449 e. The molecule has 0 aromatic rings. The van der Waals surface area contributed by atoms with Crippen molar-refractivity contribution in [3.05, 3.63) is 60.3 Å². The molecule has 0 N–H and O–H groups in total. The fourth-order valence-electron chi connectivity index (χ4n) is 5.99. The van der Waals surface area contributed by atoms with Crippen molar-refractivity contribution in [2.75, 3.05) is 6.61 Å². The summed E-state index contributed by atoms with van der Waals surface area (Å²) in [5.41, 5.74) is 2.49. The first kappa shape index (κ1) is 42.4. The fraction of sp³-hybridized carbons (Fsp3) is 0.690. The van der Waals surface area contributed by atoms with Gasteiger partial charge in [0.2, 0.25) is 0 Å². The van der Waals surface area contributed by atoms with Crippen molar-refractivity contribution < 1.29 is 27.9 Å². The number of fused-ring (bicyclic) bond motifs is 2. The van der Waals surface area contributed by atoms with E-state index in [-0.39, 0.29) is 34.5 Å². The molecule has 3 aliphatic heterocycles. The fourth-order valence-corrected chi connectivity index (χ4v) is 8.52. The van der Waals surface area contributed by atoms with E-state index in [2.05, 4.69) is 143 Å². The molecule has 3 rings (SSSR count). The molecule has 8 heteroatoms. The third kappa shape index (κ3) is 13.5. The molecule has 0 aliphatic carbocycles. The van der Waals surface area contributed by atoms with Crippen LogP contribution in [-0.2, 0) is 27.9 Å². The van der Waals surface area contributed by atoms with E-state index in [1.54, 1.807) is 0 Å². The lowest BCUT2D eigenvalue weighted by Gasteiger charge is -2.40. The predicted octanol–water partition coefficient (Wildman–Crippen LogP) is 10.4. The van der Waals surface area contributed by atoms with E-state index in [1.807, 2.05) is 0 Å². The van der Waals surface area contributed by atoms with Crippen molar-refractivity contribution >= 4 is 22.6 Å². The van der Waals surface area contributed by atoms with Crippen LogP contribution < -0.4 is 0 Å². The maximum absolute atomic E-state index is 13.4. The molecule has 0 spiro atoms. The zero-order valence-electron chi connectivity index (χ0n) is 33.4. The molecule has 3 heterocycles. The van der Waals surface area contributed by atoms with Crippen LogP contribution in [0.2, 0.25) is 36.3 Å². The van der Waals surface area contributed by atoms with Gasteiger partial charge in [-0.05, 0) is 81.2 Å². The van der Waals surface area contributed by atoms with Gasteiger partial charge in [0.15, 0.2) is 16.6 Å². The number of rotatable bonds is 7. The first-order valence-electron chi connectivity index (χ1n) is 18.8. The van der Waals surface area contributed by atoms with Gasteiger partial charge in [-0.3, -0.25) is 0 Å². The van der Waals surface area contributed by atoms with E-state index in [1.165, 1.54) is 11.1 Å². The minimum absolute atomic E-state index is 0.0418. The molecule has 6 nitrogen and oxygen atoms in total. The molecule has 0 saturated heterocycles. The van der Waals surface area contributed by atoms with Crippen molar-refractivity contribution in [2.24, 2.45) is 5.92 Å². The molecule has 0 radical (unpaired) electrons. The molecule has 2 bridgehead atoms. The van der Waals surface area contributed by atoms with Gasteiger partial charge in [0, 0.05) is 18.8 Å². The van der Waals surface area contributed by atoms with Crippen LogP contribution in [0.5, 0.6) is 0 Å².